The molecule has 0 spiro atoms. The van der Waals surface area contributed by atoms with E-state index in [2.05, 4.69) is 0 Å². The number of nitriles is 1. The zero-order valence-electron chi connectivity index (χ0n) is 11.9. The van der Waals surface area contributed by atoms with Gasteiger partial charge in [0.2, 0.25) is 0 Å². The van der Waals surface area contributed by atoms with Crippen LogP contribution in [0.5, 0.6) is 0 Å². The van der Waals surface area contributed by atoms with Gasteiger partial charge in [-0.1, -0.05) is 17.7 Å². The summed E-state index contributed by atoms with van der Waals surface area (Å²) in [4.78, 5) is -0.0479. The zero-order valence-corrected chi connectivity index (χ0v) is 12.7. The van der Waals surface area contributed by atoms with Crippen molar-refractivity contribution in [2.75, 3.05) is 0 Å². The molecule has 0 saturated heterocycles. The van der Waals surface area contributed by atoms with Gasteiger partial charge in [-0.2, -0.15) is 5.26 Å². The van der Waals surface area contributed by atoms with Gasteiger partial charge < -0.3 is 0 Å². The van der Waals surface area contributed by atoms with Crippen LogP contribution in [0.3, 0.4) is 0 Å². The maximum absolute atomic E-state index is 14.1. The third kappa shape index (κ3) is 2.37. The molecule has 1 aromatic heterocycles. The lowest BCUT2D eigenvalue weighted by Gasteiger charge is -2.08. The Morgan fingerprint density at radius 3 is 2.39 bits per heavy atom. The molecule has 0 unspecified atom stereocenters. The molecular formula is C16H10F2N2O2S. The lowest BCUT2D eigenvalue weighted by Crippen LogP contribution is -2.12. The van der Waals surface area contributed by atoms with Gasteiger partial charge in [-0.25, -0.2) is 21.2 Å². The molecule has 0 bridgehead atoms. The van der Waals surface area contributed by atoms with Gasteiger partial charge in [-0.05, 0) is 25.1 Å². The molecule has 0 aliphatic carbocycles. The molecule has 0 saturated carbocycles. The summed E-state index contributed by atoms with van der Waals surface area (Å²) in [5.41, 5.74) is 0.407. The maximum atomic E-state index is 14.1. The molecule has 1 heterocycles. The van der Waals surface area contributed by atoms with Crippen molar-refractivity contribution in [3.63, 3.8) is 0 Å². The van der Waals surface area contributed by atoms with E-state index >= 15 is 0 Å². The highest BCUT2D eigenvalue weighted by Crippen LogP contribution is 2.28. The van der Waals surface area contributed by atoms with Gasteiger partial charge in [0.15, 0.2) is 5.82 Å². The predicted octanol–water partition coefficient (Wildman–Crippen LogP) is 3.34. The van der Waals surface area contributed by atoms with Gasteiger partial charge >= 0.3 is 0 Å². The maximum Gasteiger partial charge on any atom is 0.268 e. The average molecular weight is 332 g/mol. The van der Waals surface area contributed by atoms with E-state index in [9.17, 15) is 17.2 Å². The fraction of sp³-hybridized carbons (Fsp3) is 0.0625. The number of benzene rings is 2. The van der Waals surface area contributed by atoms with E-state index in [-0.39, 0.29) is 21.4 Å². The highest BCUT2D eigenvalue weighted by atomic mass is 32.2. The van der Waals surface area contributed by atoms with Crippen LogP contribution in [0.25, 0.3) is 10.9 Å². The first-order valence-corrected chi connectivity index (χ1v) is 8.01. The van der Waals surface area contributed by atoms with E-state index in [0.717, 1.165) is 17.8 Å². The molecule has 116 valence electrons. The third-order valence-electron chi connectivity index (χ3n) is 3.48. The first-order valence-electron chi connectivity index (χ1n) is 6.57. The number of rotatable bonds is 2. The van der Waals surface area contributed by atoms with Crippen molar-refractivity contribution < 1.29 is 17.2 Å². The molecular weight excluding hydrogens is 322 g/mol. The first-order chi connectivity index (χ1) is 10.8. The second-order valence-electron chi connectivity index (χ2n) is 5.05. The molecule has 4 nitrogen and oxygen atoms in total. The van der Waals surface area contributed by atoms with Crippen LogP contribution in [-0.2, 0) is 10.0 Å². The van der Waals surface area contributed by atoms with Crippen molar-refractivity contribution in [1.29, 1.82) is 5.26 Å². The molecule has 0 N–H and O–H groups in total. The van der Waals surface area contributed by atoms with Crippen molar-refractivity contribution in [2.45, 2.75) is 11.8 Å². The van der Waals surface area contributed by atoms with Crippen LogP contribution in [0, 0.1) is 29.9 Å². The quantitative estimate of drug-likeness (QED) is 0.723. The zero-order chi connectivity index (χ0) is 16.8. The van der Waals surface area contributed by atoms with E-state index in [4.69, 9.17) is 5.26 Å². The van der Waals surface area contributed by atoms with E-state index in [1.807, 2.05) is 0 Å². The van der Waals surface area contributed by atoms with Crippen molar-refractivity contribution >= 4 is 20.9 Å². The van der Waals surface area contributed by atoms with Gasteiger partial charge in [0.05, 0.1) is 10.5 Å². The summed E-state index contributed by atoms with van der Waals surface area (Å²) in [5.74, 6) is -1.92. The van der Waals surface area contributed by atoms with Gasteiger partial charge in [0.25, 0.3) is 10.0 Å². The minimum atomic E-state index is -4.10. The molecule has 2 aromatic carbocycles. The number of halogens is 2. The smallest absolute Gasteiger partial charge is 0.237 e. The second kappa shape index (κ2) is 5.18. The third-order valence-corrected chi connectivity index (χ3v) is 5.16. The lowest BCUT2D eigenvalue weighted by atomic mass is 10.2. The molecule has 0 aliphatic rings. The number of aromatic nitrogens is 1. The monoisotopic (exact) mass is 332 g/mol. The van der Waals surface area contributed by atoms with Gasteiger partial charge in [0.1, 0.15) is 17.4 Å². The summed E-state index contributed by atoms with van der Waals surface area (Å²) in [6, 6.07) is 9.30. The summed E-state index contributed by atoms with van der Waals surface area (Å²) in [7, 11) is -4.10. The Hall–Kier alpha value is -2.72. The summed E-state index contributed by atoms with van der Waals surface area (Å²) < 4.78 is 53.6. The fourth-order valence-electron chi connectivity index (χ4n) is 2.35. The van der Waals surface area contributed by atoms with Crippen molar-refractivity contribution in [3.05, 3.63) is 65.4 Å². The molecule has 23 heavy (non-hydrogen) atoms. The van der Waals surface area contributed by atoms with E-state index in [1.54, 1.807) is 25.1 Å². The van der Waals surface area contributed by atoms with Crippen molar-refractivity contribution in [3.8, 4) is 6.07 Å². The van der Waals surface area contributed by atoms with Crippen LogP contribution in [0.1, 0.15) is 11.1 Å². The van der Waals surface area contributed by atoms with Gasteiger partial charge in [-0.15, -0.1) is 0 Å². The van der Waals surface area contributed by atoms with Crippen molar-refractivity contribution in [2.24, 2.45) is 0 Å². The van der Waals surface area contributed by atoms with E-state index in [1.165, 1.54) is 12.1 Å². The van der Waals surface area contributed by atoms with E-state index < -0.39 is 21.7 Å². The largest absolute Gasteiger partial charge is 0.268 e. The Morgan fingerprint density at radius 2 is 1.78 bits per heavy atom. The second-order valence-corrected chi connectivity index (χ2v) is 6.87. The Morgan fingerprint density at radius 1 is 1.13 bits per heavy atom. The lowest BCUT2D eigenvalue weighted by molar-refractivity contribution is 0.579. The van der Waals surface area contributed by atoms with Crippen molar-refractivity contribution in [1.82, 2.24) is 3.97 Å². The molecule has 0 amide bonds. The normalized spacial score (nSPS) is 11.6. The fourth-order valence-corrected chi connectivity index (χ4v) is 3.73. The highest BCUT2D eigenvalue weighted by molar-refractivity contribution is 7.90. The molecule has 0 radical (unpaired) electrons. The molecule has 3 aromatic rings. The Labute approximate surface area is 131 Å². The topological polar surface area (TPSA) is 62.9 Å². The number of nitrogens with zero attached hydrogens (tertiary/aromatic N) is 2. The number of hydrogen-bond donors (Lipinski definition) is 0. The van der Waals surface area contributed by atoms with Crippen LogP contribution in [-0.4, -0.2) is 12.4 Å². The molecule has 0 aliphatic heterocycles. The summed E-state index contributed by atoms with van der Waals surface area (Å²) in [6.07, 6.45) is 1.00. The molecule has 0 fully saturated rings. The summed E-state index contributed by atoms with van der Waals surface area (Å²) in [6.45, 7) is 1.80. The van der Waals surface area contributed by atoms with Crippen LogP contribution in [0.15, 0.2) is 47.5 Å². The Balaban J connectivity index is 2.36. The number of fused-ring (bicyclic) bond motifs is 1. The average Bonchev–Trinajstić information content (AvgIpc) is 2.87. The molecule has 7 heteroatoms. The minimum Gasteiger partial charge on any atom is -0.237 e. The first kappa shape index (κ1) is 15.2. The van der Waals surface area contributed by atoms with Crippen LogP contribution < -0.4 is 0 Å². The summed E-state index contributed by atoms with van der Waals surface area (Å²) >= 11 is 0. The van der Waals surface area contributed by atoms with Gasteiger partial charge in [-0.3, -0.25) is 0 Å². The van der Waals surface area contributed by atoms with Crippen LogP contribution in [0.2, 0.25) is 0 Å². The number of aryl methyl sites for hydroxylation is 1. The Bertz CT molecular complexity index is 1060. The summed E-state index contributed by atoms with van der Waals surface area (Å²) in [5, 5.41) is 9.02. The predicted molar refractivity (Wildman–Crippen MR) is 80.3 cm³/mol. The van der Waals surface area contributed by atoms with E-state index in [0.29, 0.717) is 10.0 Å². The minimum absolute atomic E-state index is 0.0479. The highest BCUT2D eigenvalue weighted by Gasteiger charge is 2.24. The number of hydrogen-bond acceptors (Lipinski definition) is 3. The Kier molecular flexibility index (Phi) is 3.42. The molecule has 3 rings (SSSR count). The van der Waals surface area contributed by atoms with Crippen LogP contribution in [0.4, 0.5) is 8.78 Å². The SMILES string of the molecule is Cc1ccc(S(=O)(=O)n2cc(C#N)c3cc(F)cc(F)c32)cc1. The van der Waals surface area contributed by atoms with Crippen LogP contribution >= 0.6 is 0 Å². The standard InChI is InChI=1S/C16H10F2N2O2S/c1-10-2-4-13(5-3-10)23(21,22)20-9-11(8-19)14-6-12(17)7-15(18)16(14)20/h2-7,9H,1H3. The van der Waals surface area contributed by atoms with Gasteiger partial charge in [0, 0.05) is 17.6 Å². The molecule has 0 atom stereocenters.